The highest BCUT2D eigenvalue weighted by atomic mass is 15.5. The van der Waals surface area contributed by atoms with Crippen LogP contribution in [0.25, 0.3) is 0 Å². The van der Waals surface area contributed by atoms with Crippen molar-refractivity contribution < 1.29 is 0 Å². The van der Waals surface area contributed by atoms with Gasteiger partial charge in [-0.25, -0.2) is 5.43 Å². The molecule has 0 aromatic heterocycles. The summed E-state index contributed by atoms with van der Waals surface area (Å²) in [5.74, 6) is 0. The van der Waals surface area contributed by atoms with Gasteiger partial charge in [0.15, 0.2) is 0 Å². The van der Waals surface area contributed by atoms with E-state index in [-0.39, 0.29) is 0 Å². The highest BCUT2D eigenvalue weighted by Crippen LogP contribution is 2.15. The molecule has 2 aliphatic rings. The lowest BCUT2D eigenvalue weighted by Crippen LogP contribution is -2.37. The zero-order chi connectivity index (χ0) is 8.39. The molecule has 0 aromatic rings. The van der Waals surface area contributed by atoms with Crippen LogP contribution >= 0.6 is 0 Å². The number of allylic oxidation sites excluding steroid dienone is 2. The highest BCUT2D eigenvalue weighted by Gasteiger charge is 2.14. The van der Waals surface area contributed by atoms with Gasteiger partial charge in [-0.2, -0.15) is 0 Å². The predicted octanol–water partition coefficient (Wildman–Crippen LogP) is 1.60. The van der Waals surface area contributed by atoms with E-state index in [4.69, 9.17) is 0 Å². The van der Waals surface area contributed by atoms with E-state index in [1.807, 2.05) is 0 Å². The van der Waals surface area contributed by atoms with Crippen molar-refractivity contribution in [1.29, 1.82) is 0 Å². The topological polar surface area (TPSA) is 15.3 Å². The van der Waals surface area contributed by atoms with Crippen LogP contribution in [0.15, 0.2) is 36.1 Å². The quantitative estimate of drug-likeness (QED) is 0.630. The lowest BCUT2D eigenvalue weighted by molar-refractivity contribution is 0.257. The van der Waals surface area contributed by atoms with E-state index in [0.717, 1.165) is 13.0 Å². The van der Waals surface area contributed by atoms with E-state index < -0.39 is 0 Å². The molecule has 12 heavy (non-hydrogen) atoms. The van der Waals surface area contributed by atoms with Gasteiger partial charge in [0.25, 0.3) is 0 Å². The molecule has 0 fully saturated rings. The molecule has 0 saturated carbocycles. The van der Waals surface area contributed by atoms with E-state index in [0.29, 0.717) is 6.04 Å². The lowest BCUT2D eigenvalue weighted by atomic mass is 10.0. The monoisotopic (exact) mass is 162 g/mol. The first-order valence-corrected chi connectivity index (χ1v) is 4.40. The predicted molar refractivity (Wildman–Crippen MR) is 50.3 cm³/mol. The number of hydrazine groups is 1. The SMILES string of the molecule is CC1=CCC(N2C=CCN2)C=C1. The van der Waals surface area contributed by atoms with Gasteiger partial charge in [-0.15, -0.1) is 0 Å². The van der Waals surface area contributed by atoms with Crippen molar-refractivity contribution >= 4 is 0 Å². The Morgan fingerprint density at radius 2 is 2.50 bits per heavy atom. The zero-order valence-electron chi connectivity index (χ0n) is 7.33. The van der Waals surface area contributed by atoms with Crippen LogP contribution in [0.4, 0.5) is 0 Å². The molecule has 2 heteroatoms. The third-order valence-corrected chi connectivity index (χ3v) is 2.28. The van der Waals surface area contributed by atoms with Gasteiger partial charge < -0.3 is 5.01 Å². The van der Waals surface area contributed by atoms with Crippen LogP contribution in [0.3, 0.4) is 0 Å². The summed E-state index contributed by atoms with van der Waals surface area (Å²) in [6.45, 7) is 3.10. The molecular weight excluding hydrogens is 148 g/mol. The summed E-state index contributed by atoms with van der Waals surface area (Å²) in [5, 5.41) is 2.17. The van der Waals surface area contributed by atoms with Gasteiger partial charge in [0.2, 0.25) is 0 Å². The number of rotatable bonds is 1. The summed E-state index contributed by atoms with van der Waals surface area (Å²) < 4.78 is 0. The molecule has 1 N–H and O–H groups in total. The second kappa shape index (κ2) is 3.15. The molecule has 1 aliphatic carbocycles. The Morgan fingerprint density at radius 3 is 3.08 bits per heavy atom. The van der Waals surface area contributed by atoms with Crippen molar-refractivity contribution in [2.24, 2.45) is 0 Å². The van der Waals surface area contributed by atoms with Crippen LogP contribution in [-0.4, -0.2) is 17.6 Å². The molecule has 1 atom stereocenters. The zero-order valence-corrected chi connectivity index (χ0v) is 7.33. The van der Waals surface area contributed by atoms with Crippen molar-refractivity contribution in [2.45, 2.75) is 19.4 Å². The molecule has 1 aliphatic heterocycles. The molecule has 1 heterocycles. The average Bonchev–Trinajstić information content (AvgIpc) is 2.58. The largest absolute Gasteiger partial charge is 0.308 e. The number of nitrogens with zero attached hydrogens (tertiary/aromatic N) is 1. The Labute approximate surface area is 73.2 Å². The fraction of sp³-hybridized carbons (Fsp3) is 0.400. The lowest BCUT2D eigenvalue weighted by Gasteiger charge is -2.26. The van der Waals surface area contributed by atoms with E-state index in [1.165, 1.54) is 5.57 Å². The van der Waals surface area contributed by atoms with Crippen LogP contribution in [-0.2, 0) is 0 Å². The molecule has 0 aromatic carbocycles. The van der Waals surface area contributed by atoms with Crippen molar-refractivity contribution in [3.05, 3.63) is 36.1 Å². The second-order valence-electron chi connectivity index (χ2n) is 3.26. The van der Waals surface area contributed by atoms with Gasteiger partial charge in [-0.1, -0.05) is 29.9 Å². The van der Waals surface area contributed by atoms with Crippen molar-refractivity contribution in [3.8, 4) is 0 Å². The maximum atomic E-state index is 3.28. The summed E-state index contributed by atoms with van der Waals surface area (Å²) in [5.41, 5.74) is 4.65. The number of nitrogens with one attached hydrogen (secondary N) is 1. The van der Waals surface area contributed by atoms with Gasteiger partial charge in [0.05, 0.1) is 6.04 Å². The third kappa shape index (κ3) is 1.43. The summed E-state index contributed by atoms with van der Waals surface area (Å²) in [4.78, 5) is 0. The number of hydrogen-bond acceptors (Lipinski definition) is 2. The molecule has 2 rings (SSSR count). The first-order valence-electron chi connectivity index (χ1n) is 4.40. The normalized spacial score (nSPS) is 27.9. The third-order valence-electron chi connectivity index (χ3n) is 2.28. The van der Waals surface area contributed by atoms with Crippen LogP contribution in [0.2, 0.25) is 0 Å². The molecule has 0 amide bonds. The van der Waals surface area contributed by atoms with Crippen LogP contribution in [0.5, 0.6) is 0 Å². The Hall–Kier alpha value is -1.02. The fourth-order valence-corrected chi connectivity index (χ4v) is 1.53. The summed E-state index contributed by atoms with van der Waals surface area (Å²) >= 11 is 0. The summed E-state index contributed by atoms with van der Waals surface area (Å²) in [7, 11) is 0. The van der Waals surface area contributed by atoms with Crippen LogP contribution in [0, 0.1) is 0 Å². The summed E-state index contributed by atoms with van der Waals surface area (Å²) in [6, 6.07) is 0.507. The minimum absolute atomic E-state index is 0.507. The molecule has 0 spiro atoms. The first-order chi connectivity index (χ1) is 5.86. The van der Waals surface area contributed by atoms with Gasteiger partial charge in [-0.3, -0.25) is 0 Å². The average molecular weight is 162 g/mol. The Kier molecular flexibility index (Phi) is 2.00. The molecule has 0 bridgehead atoms. The van der Waals surface area contributed by atoms with E-state index >= 15 is 0 Å². The van der Waals surface area contributed by atoms with E-state index in [2.05, 4.69) is 47.9 Å². The first kappa shape index (κ1) is 7.62. The molecular formula is C10H14N2. The van der Waals surface area contributed by atoms with Gasteiger partial charge in [0.1, 0.15) is 0 Å². The molecule has 0 saturated heterocycles. The van der Waals surface area contributed by atoms with E-state index in [9.17, 15) is 0 Å². The smallest absolute Gasteiger partial charge is 0.0666 e. The van der Waals surface area contributed by atoms with Crippen molar-refractivity contribution in [3.63, 3.8) is 0 Å². The summed E-state index contributed by atoms with van der Waals surface area (Å²) in [6.07, 6.45) is 12.1. The minimum Gasteiger partial charge on any atom is -0.308 e. The second-order valence-corrected chi connectivity index (χ2v) is 3.26. The Morgan fingerprint density at radius 1 is 1.58 bits per heavy atom. The fourth-order valence-electron chi connectivity index (χ4n) is 1.53. The van der Waals surface area contributed by atoms with Gasteiger partial charge >= 0.3 is 0 Å². The van der Waals surface area contributed by atoms with Gasteiger partial charge in [-0.05, 0) is 13.3 Å². The molecule has 2 nitrogen and oxygen atoms in total. The standard InChI is InChI=1S/C10H14N2/c1-9-3-5-10(6-4-9)12-8-2-7-11-12/h2-5,8,10-11H,6-7H2,1H3. The molecule has 1 unspecified atom stereocenters. The Balaban J connectivity index is 1.99. The van der Waals surface area contributed by atoms with Crippen molar-refractivity contribution in [2.75, 3.05) is 6.54 Å². The van der Waals surface area contributed by atoms with Crippen LogP contribution < -0.4 is 5.43 Å². The van der Waals surface area contributed by atoms with Crippen molar-refractivity contribution in [1.82, 2.24) is 10.4 Å². The minimum atomic E-state index is 0.507. The number of hydrogen-bond donors (Lipinski definition) is 1. The maximum absolute atomic E-state index is 3.28. The molecule has 0 radical (unpaired) electrons. The Bertz CT molecular complexity index is 251. The molecule has 64 valence electrons. The highest BCUT2D eigenvalue weighted by molar-refractivity contribution is 5.23. The van der Waals surface area contributed by atoms with E-state index in [1.54, 1.807) is 0 Å². The van der Waals surface area contributed by atoms with Gasteiger partial charge in [0, 0.05) is 12.7 Å². The maximum Gasteiger partial charge on any atom is 0.0666 e. The van der Waals surface area contributed by atoms with Crippen LogP contribution in [0.1, 0.15) is 13.3 Å².